The monoisotopic (exact) mass is 369 g/mol. The van der Waals surface area contributed by atoms with E-state index in [0.717, 1.165) is 5.69 Å². The second-order valence-electron chi connectivity index (χ2n) is 5.99. The fraction of sp³-hybridized carbons (Fsp3) is 0.562. The average molecular weight is 369 g/mol. The van der Waals surface area contributed by atoms with Gasteiger partial charge >= 0.3 is 0 Å². The van der Waals surface area contributed by atoms with Gasteiger partial charge in [0.1, 0.15) is 11.8 Å². The largest absolute Gasteiger partial charge is 0.497 e. The van der Waals surface area contributed by atoms with Crippen molar-refractivity contribution in [3.63, 3.8) is 0 Å². The third-order valence-corrected chi connectivity index (χ3v) is 6.69. The van der Waals surface area contributed by atoms with Crippen molar-refractivity contribution in [2.75, 3.05) is 51.4 Å². The van der Waals surface area contributed by atoms with Crippen LogP contribution in [-0.4, -0.2) is 75.5 Å². The van der Waals surface area contributed by atoms with Crippen LogP contribution in [0.5, 0.6) is 5.75 Å². The summed E-state index contributed by atoms with van der Waals surface area (Å²) in [5.74, 6) is 0.478. The molecule has 0 unspecified atom stereocenters. The lowest BCUT2D eigenvalue weighted by Crippen LogP contribution is -2.61. The highest BCUT2D eigenvalue weighted by molar-refractivity contribution is 7.86. The molecule has 8 nitrogen and oxygen atoms in total. The van der Waals surface area contributed by atoms with Gasteiger partial charge in [-0.15, -0.1) is 0 Å². The van der Waals surface area contributed by atoms with Gasteiger partial charge in [-0.3, -0.25) is 4.79 Å². The molecule has 0 aromatic heterocycles. The molecule has 0 spiro atoms. The first-order chi connectivity index (χ1) is 11.9. The van der Waals surface area contributed by atoms with Gasteiger partial charge < -0.3 is 14.4 Å². The first kappa shape index (κ1) is 18.1. The van der Waals surface area contributed by atoms with Crippen LogP contribution in [0.25, 0.3) is 0 Å². The van der Waals surface area contributed by atoms with Gasteiger partial charge in [0.2, 0.25) is 5.91 Å². The van der Waals surface area contributed by atoms with Crippen LogP contribution in [0.1, 0.15) is 6.92 Å². The van der Waals surface area contributed by atoms with Crippen LogP contribution >= 0.6 is 0 Å². The number of hydrogen-bond acceptors (Lipinski definition) is 5. The summed E-state index contributed by atoms with van der Waals surface area (Å²) in [4.78, 5) is 14.4. The molecule has 0 radical (unpaired) electrons. The van der Waals surface area contributed by atoms with Crippen LogP contribution in [0.2, 0.25) is 0 Å². The average Bonchev–Trinajstić information content (AvgIpc) is 2.64. The molecular formula is C16H23N3O5S. The van der Waals surface area contributed by atoms with Crippen molar-refractivity contribution >= 4 is 21.8 Å². The van der Waals surface area contributed by atoms with E-state index in [2.05, 4.69) is 0 Å². The van der Waals surface area contributed by atoms with Crippen molar-refractivity contribution in [2.45, 2.75) is 13.0 Å². The van der Waals surface area contributed by atoms with Crippen molar-refractivity contribution in [3.8, 4) is 5.75 Å². The van der Waals surface area contributed by atoms with Gasteiger partial charge in [0.15, 0.2) is 0 Å². The Kier molecular flexibility index (Phi) is 5.28. The Labute approximate surface area is 148 Å². The Morgan fingerprint density at radius 3 is 2.32 bits per heavy atom. The molecule has 2 aliphatic rings. The zero-order chi connectivity index (χ0) is 18.0. The number of methoxy groups -OCH3 is 1. The van der Waals surface area contributed by atoms with Crippen LogP contribution in [0.15, 0.2) is 24.3 Å². The molecule has 2 fully saturated rings. The Balaban J connectivity index is 1.76. The van der Waals surface area contributed by atoms with Gasteiger partial charge in [0, 0.05) is 31.9 Å². The number of anilines is 1. The molecule has 3 rings (SSSR count). The van der Waals surface area contributed by atoms with E-state index in [1.807, 2.05) is 0 Å². The van der Waals surface area contributed by atoms with E-state index in [-0.39, 0.29) is 12.5 Å². The van der Waals surface area contributed by atoms with E-state index >= 15 is 0 Å². The molecular weight excluding hydrogens is 346 g/mol. The third-order valence-electron chi connectivity index (χ3n) is 4.58. The van der Waals surface area contributed by atoms with Crippen molar-refractivity contribution < 1.29 is 22.7 Å². The van der Waals surface area contributed by atoms with E-state index in [1.54, 1.807) is 43.2 Å². The summed E-state index contributed by atoms with van der Waals surface area (Å²) in [5.41, 5.74) is 0.737. The molecule has 2 saturated heterocycles. The number of hydrogen-bond donors (Lipinski definition) is 0. The number of rotatable bonds is 4. The number of morpholine rings is 1. The maximum Gasteiger partial charge on any atom is 0.282 e. The van der Waals surface area contributed by atoms with E-state index in [9.17, 15) is 13.2 Å². The van der Waals surface area contributed by atoms with Gasteiger partial charge in [-0.2, -0.15) is 17.0 Å². The summed E-state index contributed by atoms with van der Waals surface area (Å²) in [6, 6.07) is 6.42. The molecule has 1 amide bonds. The quantitative estimate of drug-likeness (QED) is 0.763. The highest BCUT2D eigenvalue weighted by atomic mass is 32.2. The van der Waals surface area contributed by atoms with Gasteiger partial charge in [-0.25, -0.2) is 0 Å². The minimum Gasteiger partial charge on any atom is -0.497 e. The van der Waals surface area contributed by atoms with Crippen LogP contribution in [-0.2, 0) is 19.7 Å². The van der Waals surface area contributed by atoms with Crippen LogP contribution in [0.3, 0.4) is 0 Å². The molecule has 0 N–H and O–H groups in total. The molecule has 2 heterocycles. The van der Waals surface area contributed by atoms with Crippen molar-refractivity contribution in [1.29, 1.82) is 0 Å². The lowest BCUT2D eigenvalue weighted by atomic mass is 10.2. The zero-order valence-corrected chi connectivity index (χ0v) is 15.2. The van der Waals surface area contributed by atoms with Crippen LogP contribution in [0, 0.1) is 0 Å². The van der Waals surface area contributed by atoms with Crippen molar-refractivity contribution in [2.24, 2.45) is 0 Å². The summed E-state index contributed by atoms with van der Waals surface area (Å²) < 4.78 is 38.7. The molecule has 138 valence electrons. The maximum atomic E-state index is 12.8. The molecule has 1 aromatic rings. The summed E-state index contributed by atoms with van der Waals surface area (Å²) in [6.45, 7) is 3.62. The second-order valence-corrected chi connectivity index (χ2v) is 7.87. The minimum atomic E-state index is -3.66. The number of carbonyl (C=O) groups is 1. The first-order valence-corrected chi connectivity index (χ1v) is 9.65. The molecule has 1 aromatic carbocycles. The maximum absolute atomic E-state index is 12.8. The molecule has 1 atom stereocenters. The van der Waals surface area contributed by atoms with E-state index in [0.29, 0.717) is 38.6 Å². The third kappa shape index (κ3) is 3.50. The Morgan fingerprint density at radius 2 is 1.72 bits per heavy atom. The first-order valence-electron chi connectivity index (χ1n) is 8.25. The lowest BCUT2D eigenvalue weighted by molar-refractivity contribution is -0.123. The molecule has 0 saturated carbocycles. The van der Waals surface area contributed by atoms with E-state index < -0.39 is 16.3 Å². The topological polar surface area (TPSA) is 79.4 Å². The summed E-state index contributed by atoms with van der Waals surface area (Å²) in [7, 11) is -2.08. The van der Waals surface area contributed by atoms with Crippen molar-refractivity contribution in [3.05, 3.63) is 24.3 Å². The highest BCUT2D eigenvalue weighted by Crippen LogP contribution is 2.25. The number of piperazine rings is 1. The van der Waals surface area contributed by atoms with Gasteiger partial charge in [-0.1, -0.05) is 0 Å². The number of ether oxygens (including phenoxy) is 2. The number of amides is 1. The number of nitrogens with zero attached hydrogens (tertiary/aromatic N) is 3. The Bertz CT molecular complexity index is 716. The van der Waals surface area contributed by atoms with Crippen LogP contribution in [0.4, 0.5) is 5.69 Å². The second kappa shape index (κ2) is 7.28. The molecule has 2 aliphatic heterocycles. The zero-order valence-electron chi connectivity index (χ0n) is 14.4. The van der Waals surface area contributed by atoms with Gasteiger partial charge in [0.05, 0.1) is 20.3 Å². The fourth-order valence-corrected chi connectivity index (χ4v) is 4.82. The minimum absolute atomic E-state index is 0.228. The Morgan fingerprint density at radius 1 is 1.08 bits per heavy atom. The lowest BCUT2D eigenvalue weighted by Gasteiger charge is -2.40. The summed E-state index contributed by atoms with van der Waals surface area (Å²) in [6.07, 6.45) is 0. The molecule has 9 heteroatoms. The fourth-order valence-electron chi connectivity index (χ4n) is 3.11. The molecule has 0 bridgehead atoms. The Hall–Kier alpha value is -1.68. The number of carbonyl (C=O) groups excluding carboxylic acids is 1. The normalized spacial score (nSPS) is 23.7. The molecule has 25 heavy (non-hydrogen) atoms. The predicted octanol–water partition coefficient (Wildman–Crippen LogP) is 0.309. The smallest absolute Gasteiger partial charge is 0.282 e. The van der Waals surface area contributed by atoms with Crippen molar-refractivity contribution in [1.82, 2.24) is 8.61 Å². The van der Waals surface area contributed by atoms with Crippen LogP contribution < -0.4 is 9.64 Å². The standard InChI is InChI=1S/C16H23N3O5S/c1-13-16(20)18(14-3-5-15(23-2)6-4-14)7-8-19(13)25(21,22)17-9-11-24-12-10-17/h3-6,13H,7-12H2,1-2H3/t13-/m0/s1. The predicted molar refractivity (Wildman–Crippen MR) is 92.8 cm³/mol. The van der Waals surface area contributed by atoms with Gasteiger partial charge in [-0.05, 0) is 31.2 Å². The molecule has 0 aliphatic carbocycles. The van der Waals surface area contributed by atoms with Gasteiger partial charge in [0.25, 0.3) is 10.2 Å². The van der Waals surface area contributed by atoms with E-state index in [1.165, 1.54) is 8.61 Å². The highest BCUT2D eigenvalue weighted by Gasteiger charge is 2.41. The summed E-state index contributed by atoms with van der Waals surface area (Å²) in [5, 5.41) is 0. The van der Waals surface area contributed by atoms with E-state index in [4.69, 9.17) is 9.47 Å². The SMILES string of the molecule is COc1ccc(N2CCN(S(=O)(=O)N3CCOCC3)[C@@H](C)C2=O)cc1. The number of benzene rings is 1. The summed E-state index contributed by atoms with van der Waals surface area (Å²) >= 11 is 0.